The summed E-state index contributed by atoms with van der Waals surface area (Å²) < 4.78 is 30.2. The highest BCUT2D eigenvalue weighted by atomic mass is 35.5. The van der Waals surface area contributed by atoms with Gasteiger partial charge in [-0.25, -0.2) is 18.7 Å². The number of hydrogen-bond acceptors (Lipinski definition) is 7. The minimum atomic E-state index is -0.521. The second-order valence-corrected chi connectivity index (χ2v) is 8.89. The van der Waals surface area contributed by atoms with Crippen molar-refractivity contribution in [1.29, 1.82) is 0 Å². The lowest BCUT2D eigenvalue weighted by Gasteiger charge is -2.13. The fourth-order valence-electron chi connectivity index (χ4n) is 3.13. The van der Waals surface area contributed by atoms with E-state index in [9.17, 15) is 8.78 Å². The number of rotatable bonds is 8. The van der Waals surface area contributed by atoms with Crippen LogP contribution in [0.2, 0.25) is 5.02 Å². The number of aromatic nitrogens is 4. The number of H-pyrrole nitrogens is 1. The smallest absolute Gasteiger partial charge is 0.164 e. The van der Waals surface area contributed by atoms with Gasteiger partial charge in [-0.2, -0.15) is 5.10 Å². The van der Waals surface area contributed by atoms with Crippen molar-refractivity contribution in [1.82, 2.24) is 25.1 Å². The van der Waals surface area contributed by atoms with Crippen LogP contribution in [-0.2, 0) is 0 Å². The zero-order valence-electron chi connectivity index (χ0n) is 18.2. The molecule has 2 heterocycles. The molecule has 0 atom stereocenters. The van der Waals surface area contributed by atoms with Gasteiger partial charge in [0.25, 0.3) is 0 Å². The summed E-state index contributed by atoms with van der Waals surface area (Å²) in [6.07, 6.45) is 0. The number of aryl methyl sites for hydroxylation is 1. The van der Waals surface area contributed by atoms with Crippen molar-refractivity contribution in [3.8, 4) is 11.4 Å². The highest BCUT2D eigenvalue weighted by Gasteiger charge is 2.15. The summed E-state index contributed by atoms with van der Waals surface area (Å²) in [6, 6.07) is 8.55. The molecular formula is C22H22ClF2N7S. The maximum Gasteiger partial charge on any atom is 0.164 e. The van der Waals surface area contributed by atoms with E-state index in [1.54, 1.807) is 12.1 Å². The number of halogens is 3. The van der Waals surface area contributed by atoms with Gasteiger partial charge in [-0.05, 0) is 69.4 Å². The fraction of sp³-hybridized carbons (Fsp3) is 0.227. The van der Waals surface area contributed by atoms with Gasteiger partial charge in [-0.15, -0.1) is 0 Å². The lowest BCUT2D eigenvalue weighted by Crippen LogP contribution is -2.21. The largest absolute Gasteiger partial charge is 0.368 e. The van der Waals surface area contributed by atoms with Gasteiger partial charge < -0.3 is 14.9 Å². The normalized spacial score (nSPS) is 11.4. The molecule has 3 N–H and O–H groups in total. The zero-order chi connectivity index (χ0) is 23.5. The first-order valence-electron chi connectivity index (χ1n) is 10.1. The van der Waals surface area contributed by atoms with Crippen LogP contribution in [0.5, 0.6) is 0 Å². The number of benzene rings is 2. The Morgan fingerprint density at radius 1 is 1.12 bits per heavy atom. The molecular weight excluding hydrogens is 468 g/mol. The van der Waals surface area contributed by atoms with Crippen LogP contribution in [0.1, 0.15) is 5.69 Å². The Hall–Kier alpha value is -2.95. The molecule has 7 nitrogen and oxygen atoms in total. The van der Waals surface area contributed by atoms with E-state index in [4.69, 9.17) is 16.6 Å². The summed E-state index contributed by atoms with van der Waals surface area (Å²) in [6.45, 7) is 3.45. The van der Waals surface area contributed by atoms with Crippen LogP contribution in [0.15, 0.2) is 41.3 Å². The van der Waals surface area contributed by atoms with Crippen LogP contribution in [0, 0.1) is 18.6 Å². The van der Waals surface area contributed by atoms with E-state index in [2.05, 4.69) is 30.1 Å². The summed E-state index contributed by atoms with van der Waals surface area (Å²) in [7, 11) is 4.01. The predicted molar refractivity (Wildman–Crippen MR) is 130 cm³/mol. The Kier molecular flexibility index (Phi) is 6.96. The standard InChI is InChI=1S/C22H22ClF2N7S/c1-12-19-21(26-8-9-32(2)3)27-20(28-22(19)30-29-12)13-4-7-17(15(23)10-13)31-33-18-11-14(24)5-6-16(18)25/h4-7,10-11,31H,8-9H2,1-3H3,(H2,26,27,28,29,30). The van der Waals surface area contributed by atoms with Crippen molar-refractivity contribution in [3.05, 3.63) is 58.7 Å². The highest BCUT2D eigenvalue weighted by molar-refractivity contribution is 8.00. The van der Waals surface area contributed by atoms with E-state index >= 15 is 0 Å². The monoisotopic (exact) mass is 489 g/mol. The molecule has 0 unspecified atom stereocenters. The molecule has 0 spiro atoms. The summed E-state index contributed by atoms with van der Waals surface area (Å²) in [4.78, 5) is 11.5. The van der Waals surface area contributed by atoms with Gasteiger partial charge in [0.15, 0.2) is 11.5 Å². The minimum Gasteiger partial charge on any atom is -0.368 e. The van der Waals surface area contributed by atoms with Crippen LogP contribution in [0.25, 0.3) is 22.4 Å². The topological polar surface area (TPSA) is 81.8 Å². The third-order valence-corrected chi connectivity index (χ3v) is 6.01. The Balaban J connectivity index is 1.59. The van der Waals surface area contributed by atoms with Crippen molar-refractivity contribution < 1.29 is 8.78 Å². The van der Waals surface area contributed by atoms with E-state index in [1.165, 1.54) is 0 Å². The van der Waals surface area contributed by atoms with Gasteiger partial charge in [0.2, 0.25) is 0 Å². The number of aromatic amines is 1. The Morgan fingerprint density at radius 3 is 2.70 bits per heavy atom. The molecule has 2 aromatic carbocycles. The third-order valence-electron chi connectivity index (χ3n) is 4.84. The lowest BCUT2D eigenvalue weighted by atomic mass is 10.2. The second kappa shape index (κ2) is 9.90. The van der Waals surface area contributed by atoms with E-state index in [0.717, 1.165) is 47.8 Å². The van der Waals surface area contributed by atoms with Gasteiger partial charge in [0.1, 0.15) is 17.5 Å². The molecule has 0 radical (unpaired) electrons. The predicted octanol–water partition coefficient (Wildman–Crippen LogP) is 5.35. The molecule has 4 rings (SSSR count). The first kappa shape index (κ1) is 23.2. The highest BCUT2D eigenvalue weighted by Crippen LogP contribution is 2.33. The fourth-order valence-corrected chi connectivity index (χ4v) is 4.15. The molecule has 0 aliphatic heterocycles. The number of hydrogen-bond donors (Lipinski definition) is 3. The molecule has 33 heavy (non-hydrogen) atoms. The summed E-state index contributed by atoms with van der Waals surface area (Å²) >= 11 is 7.40. The maximum atomic E-state index is 13.9. The van der Waals surface area contributed by atoms with Crippen LogP contribution >= 0.6 is 23.5 Å². The first-order chi connectivity index (χ1) is 15.8. The van der Waals surface area contributed by atoms with Crippen LogP contribution in [-0.4, -0.2) is 52.3 Å². The Labute approximate surface area is 199 Å². The van der Waals surface area contributed by atoms with Gasteiger partial charge >= 0.3 is 0 Å². The van der Waals surface area contributed by atoms with Gasteiger partial charge in [-0.1, -0.05) is 11.6 Å². The SMILES string of the molecule is Cc1n[nH]c2nc(-c3ccc(NSc4cc(F)ccc4F)c(Cl)c3)nc(NCCN(C)C)c12. The number of anilines is 2. The Morgan fingerprint density at radius 2 is 1.94 bits per heavy atom. The number of nitrogens with one attached hydrogen (secondary N) is 3. The molecule has 0 aliphatic rings. The molecule has 2 aromatic heterocycles. The molecule has 11 heteroatoms. The van der Waals surface area contributed by atoms with E-state index < -0.39 is 11.6 Å². The van der Waals surface area contributed by atoms with Crippen LogP contribution < -0.4 is 10.0 Å². The first-order valence-corrected chi connectivity index (χ1v) is 11.3. The van der Waals surface area contributed by atoms with E-state index in [0.29, 0.717) is 40.1 Å². The number of likely N-dealkylation sites (N-methyl/N-ethyl adjacent to an activating group) is 1. The van der Waals surface area contributed by atoms with Crippen molar-refractivity contribution in [3.63, 3.8) is 0 Å². The average Bonchev–Trinajstić information content (AvgIpc) is 3.15. The molecule has 0 saturated carbocycles. The van der Waals surface area contributed by atoms with Crippen LogP contribution in [0.4, 0.5) is 20.3 Å². The summed E-state index contributed by atoms with van der Waals surface area (Å²) in [5, 5.41) is 11.8. The maximum absolute atomic E-state index is 13.9. The molecule has 0 aliphatic carbocycles. The minimum absolute atomic E-state index is 0.131. The summed E-state index contributed by atoms with van der Waals surface area (Å²) in [5.41, 5.74) is 2.69. The van der Waals surface area contributed by atoms with E-state index in [1.807, 2.05) is 27.1 Å². The van der Waals surface area contributed by atoms with Crippen molar-refractivity contribution >= 4 is 46.1 Å². The molecule has 0 bridgehead atoms. The van der Waals surface area contributed by atoms with Gasteiger partial charge in [0, 0.05) is 18.7 Å². The average molecular weight is 490 g/mol. The quantitative estimate of drug-likeness (QED) is 0.288. The second-order valence-electron chi connectivity index (χ2n) is 7.63. The number of fused-ring (bicyclic) bond motifs is 1. The molecule has 172 valence electrons. The van der Waals surface area contributed by atoms with Crippen LogP contribution in [0.3, 0.4) is 0 Å². The molecule has 0 fully saturated rings. The zero-order valence-corrected chi connectivity index (χ0v) is 19.8. The molecule has 0 amide bonds. The molecule has 0 saturated heterocycles. The molecule has 4 aromatic rings. The van der Waals surface area contributed by atoms with Crippen molar-refractivity contribution in [2.45, 2.75) is 11.8 Å². The summed E-state index contributed by atoms with van der Waals surface area (Å²) in [5.74, 6) is 0.139. The van der Waals surface area contributed by atoms with Crippen molar-refractivity contribution in [2.75, 3.05) is 37.2 Å². The number of nitrogens with zero attached hydrogens (tertiary/aromatic N) is 4. The lowest BCUT2D eigenvalue weighted by molar-refractivity contribution is 0.425. The van der Waals surface area contributed by atoms with E-state index in [-0.39, 0.29) is 4.90 Å². The van der Waals surface area contributed by atoms with Gasteiger partial charge in [-0.3, -0.25) is 5.10 Å². The Bertz CT molecular complexity index is 1300. The third kappa shape index (κ3) is 5.35. The van der Waals surface area contributed by atoms with Crippen molar-refractivity contribution in [2.24, 2.45) is 0 Å². The van der Waals surface area contributed by atoms with Gasteiger partial charge in [0.05, 0.1) is 26.7 Å².